The van der Waals surface area contributed by atoms with Crippen LogP contribution in [0.4, 0.5) is 0 Å². The van der Waals surface area contributed by atoms with Gasteiger partial charge in [-0.2, -0.15) is 0 Å². The number of carbonyl (C=O) groups is 1. The molecule has 0 radical (unpaired) electrons. The molecule has 3 aromatic carbocycles. The molecule has 4 aromatic rings. The van der Waals surface area contributed by atoms with Gasteiger partial charge in [0.2, 0.25) is 11.2 Å². The van der Waals surface area contributed by atoms with E-state index in [-0.39, 0.29) is 16.9 Å². The molecule has 0 aliphatic rings. The van der Waals surface area contributed by atoms with Crippen LogP contribution in [0.1, 0.15) is 54.5 Å². The number of aromatic hydroxyl groups is 1. The Bertz CT molecular complexity index is 1550. The second-order valence-electron chi connectivity index (χ2n) is 9.97. The fourth-order valence-electron chi connectivity index (χ4n) is 5.00. The van der Waals surface area contributed by atoms with Crippen molar-refractivity contribution in [2.45, 2.75) is 44.3 Å². The van der Waals surface area contributed by atoms with E-state index < -0.39 is 17.7 Å². The van der Waals surface area contributed by atoms with E-state index in [1.165, 1.54) is 12.1 Å². The summed E-state index contributed by atoms with van der Waals surface area (Å²) in [5, 5.41) is 45.8. The number of fused-ring (bicyclic) bond motifs is 1. The van der Waals surface area contributed by atoms with Crippen LogP contribution in [0.25, 0.3) is 10.9 Å². The Kier molecular flexibility index (Phi) is 9.78. The number of benzene rings is 3. The minimum absolute atomic E-state index is 0.0463. The molecule has 9 nitrogen and oxygen atoms in total. The third-order valence-electron chi connectivity index (χ3n) is 7.22. The van der Waals surface area contributed by atoms with Gasteiger partial charge in [0.05, 0.1) is 18.2 Å². The predicted molar refractivity (Wildman–Crippen MR) is 156 cm³/mol. The van der Waals surface area contributed by atoms with Crippen molar-refractivity contribution in [2.75, 3.05) is 19.7 Å². The zero-order valence-electron chi connectivity index (χ0n) is 23.0. The molecule has 0 saturated heterocycles. The number of nitrogens with one attached hydrogen (secondary N) is 2. The quantitative estimate of drug-likeness (QED) is 0.127. The summed E-state index contributed by atoms with van der Waals surface area (Å²) in [6.45, 7) is 3.35. The lowest BCUT2D eigenvalue weighted by Crippen LogP contribution is -2.37. The molecule has 0 saturated carbocycles. The Hall–Kier alpha value is -4.18. The van der Waals surface area contributed by atoms with E-state index in [9.17, 15) is 30.0 Å². The van der Waals surface area contributed by atoms with Crippen LogP contribution >= 0.6 is 0 Å². The fraction of sp³-hybridized carbons (Fsp3) is 0.312. The highest BCUT2D eigenvalue weighted by Gasteiger charge is 2.41. The molecule has 0 fully saturated rings. The van der Waals surface area contributed by atoms with E-state index in [0.29, 0.717) is 53.9 Å². The third kappa shape index (κ3) is 6.77. The molecule has 1 heterocycles. The van der Waals surface area contributed by atoms with Crippen molar-refractivity contribution in [1.82, 2.24) is 10.3 Å². The lowest BCUT2D eigenvalue weighted by molar-refractivity contribution is -0.155. The zero-order chi connectivity index (χ0) is 29.4. The van der Waals surface area contributed by atoms with Gasteiger partial charge in [-0.3, -0.25) is 4.79 Å². The number of aliphatic hydroxyl groups is 2. The van der Waals surface area contributed by atoms with Crippen molar-refractivity contribution in [3.8, 4) is 11.5 Å². The van der Waals surface area contributed by atoms with Gasteiger partial charge in [0.15, 0.2) is 0 Å². The van der Waals surface area contributed by atoms with Gasteiger partial charge in [-0.15, -0.1) is 0 Å². The molecule has 2 atom stereocenters. The number of H-pyrrole nitrogens is 1. The summed E-state index contributed by atoms with van der Waals surface area (Å²) < 4.78 is 5.87. The first-order valence-corrected chi connectivity index (χ1v) is 13.8. The SMILES string of the molecule is CCc1ccccc1C(O)(C(=O)O)c1cccc(OCCCCCNCC(O)c2ccc(O)c3[nH]c(=O)ccc23)c1. The zero-order valence-corrected chi connectivity index (χ0v) is 23.0. The van der Waals surface area contributed by atoms with Gasteiger partial charge in [0, 0.05) is 29.1 Å². The number of aliphatic hydroxyl groups excluding tert-OH is 1. The van der Waals surface area contributed by atoms with Crippen LogP contribution < -0.4 is 15.6 Å². The fourth-order valence-corrected chi connectivity index (χ4v) is 5.00. The minimum Gasteiger partial charge on any atom is -0.506 e. The van der Waals surface area contributed by atoms with Gasteiger partial charge in [-0.25, -0.2) is 4.79 Å². The molecular weight excluding hydrogens is 524 g/mol. The first-order valence-electron chi connectivity index (χ1n) is 13.8. The number of aryl methyl sites for hydroxylation is 1. The Balaban J connectivity index is 1.24. The number of carboxylic acids is 1. The molecule has 1 aromatic heterocycles. The molecule has 216 valence electrons. The van der Waals surface area contributed by atoms with Crippen LogP contribution in [0, 0.1) is 0 Å². The van der Waals surface area contributed by atoms with Gasteiger partial charge in [0.25, 0.3) is 0 Å². The average Bonchev–Trinajstić information content (AvgIpc) is 2.98. The molecule has 2 unspecified atom stereocenters. The normalized spacial score (nSPS) is 13.5. The maximum atomic E-state index is 12.3. The topological polar surface area (TPSA) is 152 Å². The van der Waals surface area contributed by atoms with E-state index in [0.717, 1.165) is 24.8 Å². The average molecular weight is 561 g/mol. The number of hydrogen-bond acceptors (Lipinski definition) is 7. The van der Waals surface area contributed by atoms with Crippen molar-refractivity contribution < 1.29 is 30.0 Å². The number of unbranched alkanes of at least 4 members (excludes halogenated alkanes) is 2. The van der Waals surface area contributed by atoms with Gasteiger partial charge in [-0.05, 0) is 67.6 Å². The van der Waals surface area contributed by atoms with Crippen LogP contribution in [0.3, 0.4) is 0 Å². The molecule has 9 heteroatoms. The summed E-state index contributed by atoms with van der Waals surface area (Å²) in [5.41, 5.74) is -0.252. The van der Waals surface area contributed by atoms with E-state index in [1.54, 1.807) is 48.5 Å². The highest BCUT2D eigenvalue weighted by molar-refractivity contribution is 5.87. The number of carboxylic acid groups (broad SMARTS) is 1. The van der Waals surface area contributed by atoms with Gasteiger partial charge in [-0.1, -0.05) is 49.4 Å². The molecule has 6 N–H and O–H groups in total. The summed E-state index contributed by atoms with van der Waals surface area (Å²) >= 11 is 0. The maximum absolute atomic E-state index is 12.3. The van der Waals surface area contributed by atoms with Crippen LogP contribution in [0.2, 0.25) is 0 Å². The Morgan fingerprint density at radius 3 is 2.61 bits per heavy atom. The van der Waals surface area contributed by atoms with Crippen molar-refractivity contribution in [3.63, 3.8) is 0 Å². The first kappa shape index (κ1) is 29.8. The number of ether oxygens (including phenoxy) is 1. The number of phenols is 1. The number of aromatic amines is 1. The molecule has 0 aliphatic carbocycles. The van der Waals surface area contributed by atoms with Crippen molar-refractivity contribution in [3.05, 3.63) is 105 Å². The Morgan fingerprint density at radius 1 is 1.02 bits per heavy atom. The number of aromatic nitrogens is 1. The summed E-state index contributed by atoms with van der Waals surface area (Å²) in [5.74, 6) is -0.906. The van der Waals surface area contributed by atoms with E-state index in [2.05, 4.69) is 10.3 Å². The predicted octanol–water partition coefficient (Wildman–Crippen LogP) is 3.99. The van der Waals surface area contributed by atoms with Crippen molar-refractivity contribution in [1.29, 1.82) is 0 Å². The van der Waals surface area contributed by atoms with Crippen LogP contribution in [0.5, 0.6) is 11.5 Å². The van der Waals surface area contributed by atoms with Crippen molar-refractivity contribution >= 4 is 16.9 Å². The lowest BCUT2D eigenvalue weighted by atomic mass is 9.83. The Labute approximate surface area is 238 Å². The first-order chi connectivity index (χ1) is 19.8. The smallest absolute Gasteiger partial charge is 0.345 e. The van der Waals surface area contributed by atoms with Crippen molar-refractivity contribution in [2.24, 2.45) is 0 Å². The number of hydrogen-bond donors (Lipinski definition) is 6. The lowest BCUT2D eigenvalue weighted by Gasteiger charge is -2.27. The summed E-state index contributed by atoms with van der Waals surface area (Å²) in [7, 11) is 0. The second kappa shape index (κ2) is 13.5. The highest BCUT2D eigenvalue weighted by atomic mass is 16.5. The molecule has 41 heavy (non-hydrogen) atoms. The molecule has 4 rings (SSSR count). The minimum atomic E-state index is -2.19. The van der Waals surface area contributed by atoms with Gasteiger partial charge in [0.1, 0.15) is 11.5 Å². The molecule has 0 spiro atoms. The van der Waals surface area contributed by atoms with Crippen LogP contribution in [-0.4, -0.2) is 51.1 Å². The highest BCUT2D eigenvalue weighted by Crippen LogP contribution is 2.34. The van der Waals surface area contributed by atoms with E-state index in [1.807, 2.05) is 19.1 Å². The Morgan fingerprint density at radius 2 is 1.83 bits per heavy atom. The molecule has 0 amide bonds. The summed E-state index contributed by atoms with van der Waals surface area (Å²) in [6.07, 6.45) is 2.27. The van der Waals surface area contributed by atoms with E-state index >= 15 is 0 Å². The van der Waals surface area contributed by atoms with Gasteiger partial charge < -0.3 is 35.5 Å². The standard InChI is InChI=1S/C32H36N2O7/c1-2-21-9-4-5-12-26(21)32(40,31(38)39)22-10-8-11-23(19-22)41-18-7-3-6-17-33-20-28(36)24-13-15-27(35)30-25(24)14-16-29(37)34-30/h4-5,8-16,19,28,33,35-36,40H,2-3,6-7,17-18,20H2,1H3,(H,34,37)(H,38,39). The number of aliphatic carboxylic acids is 1. The van der Waals surface area contributed by atoms with Crippen LogP contribution in [-0.2, 0) is 16.8 Å². The molecule has 0 bridgehead atoms. The maximum Gasteiger partial charge on any atom is 0.345 e. The summed E-state index contributed by atoms with van der Waals surface area (Å²) in [4.78, 5) is 26.4. The molecular formula is C32H36N2O7. The number of rotatable bonds is 14. The number of pyridine rings is 1. The number of phenolic OH excluding ortho intramolecular Hbond substituents is 1. The monoisotopic (exact) mass is 560 g/mol. The van der Waals surface area contributed by atoms with Gasteiger partial charge >= 0.3 is 5.97 Å². The largest absolute Gasteiger partial charge is 0.506 e. The van der Waals surface area contributed by atoms with Crippen LogP contribution in [0.15, 0.2) is 77.6 Å². The third-order valence-corrected chi connectivity index (χ3v) is 7.22. The second-order valence-corrected chi connectivity index (χ2v) is 9.97. The van der Waals surface area contributed by atoms with E-state index in [4.69, 9.17) is 4.74 Å². The summed E-state index contributed by atoms with van der Waals surface area (Å²) in [6, 6.07) is 19.6. The molecule has 0 aliphatic heterocycles.